The minimum Gasteiger partial charge on any atom is -0.494 e. The second-order valence-corrected chi connectivity index (χ2v) is 7.77. The molecule has 0 bridgehead atoms. The normalized spacial score (nSPS) is 13.0. The Morgan fingerprint density at radius 3 is 2.65 bits per heavy atom. The van der Waals surface area contributed by atoms with Gasteiger partial charge in [0.1, 0.15) is 5.84 Å². The van der Waals surface area contributed by atoms with Crippen LogP contribution < -0.4 is 5.32 Å². The van der Waals surface area contributed by atoms with Crippen LogP contribution in [0.15, 0.2) is 77.0 Å². The number of anilines is 1. The van der Waals surface area contributed by atoms with Gasteiger partial charge in [-0.25, -0.2) is 4.99 Å². The predicted octanol–water partition coefficient (Wildman–Crippen LogP) is 3.48. The molecule has 0 saturated carbocycles. The first kappa shape index (κ1) is 21.1. The van der Waals surface area contributed by atoms with E-state index in [2.05, 4.69) is 25.4 Å². The second kappa shape index (κ2) is 8.62. The molecular formula is C25H20N6O3. The van der Waals surface area contributed by atoms with Crippen LogP contribution in [0.5, 0.6) is 5.88 Å². The standard InChI is InChI=1S/C25H20N6O3/c1-31-14-17(12-28-31)24(33)29-18-7-4-15(5-8-18)23(32)16-6-9-21-19(11-16)20(25(34)30-21)13-27-22-3-2-10-26-22/h2-9,11-14,30,34H,10H2,1H3,(H,29,33). The molecule has 2 aromatic carbocycles. The monoisotopic (exact) mass is 452 g/mol. The number of nitrogens with one attached hydrogen (secondary N) is 2. The summed E-state index contributed by atoms with van der Waals surface area (Å²) in [6.45, 7) is 0.594. The maximum Gasteiger partial charge on any atom is 0.258 e. The molecule has 0 aliphatic carbocycles. The predicted molar refractivity (Wildman–Crippen MR) is 130 cm³/mol. The number of aryl methyl sites for hydroxylation is 1. The molecule has 2 aromatic heterocycles. The Morgan fingerprint density at radius 1 is 1.15 bits per heavy atom. The minimum atomic E-state index is -0.279. The van der Waals surface area contributed by atoms with Gasteiger partial charge in [-0.05, 0) is 48.5 Å². The molecule has 0 saturated heterocycles. The van der Waals surface area contributed by atoms with E-state index in [4.69, 9.17) is 0 Å². The van der Waals surface area contributed by atoms with Crippen LogP contribution in [0.4, 0.5) is 5.69 Å². The summed E-state index contributed by atoms with van der Waals surface area (Å²) < 4.78 is 1.55. The van der Waals surface area contributed by atoms with Crippen LogP contribution in [0.2, 0.25) is 0 Å². The number of amides is 1. The molecular weight excluding hydrogens is 432 g/mol. The van der Waals surface area contributed by atoms with E-state index in [0.29, 0.717) is 51.2 Å². The van der Waals surface area contributed by atoms with Gasteiger partial charge in [0.15, 0.2) is 11.7 Å². The van der Waals surface area contributed by atoms with Crippen molar-refractivity contribution < 1.29 is 14.7 Å². The van der Waals surface area contributed by atoms with Crippen molar-refractivity contribution in [3.8, 4) is 5.88 Å². The van der Waals surface area contributed by atoms with Crippen LogP contribution in [-0.2, 0) is 7.05 Å². The van der Waals surface area contributed by atoms with Crippen molar-refractivity contribution in [1.82, 2.24) is 14.8 Å². The third-order valence-electron chi connectivity index (χ3n) is 5.40. The second-order valence-electron chi connectivity index (χ2n) is 7.77. The molecule has 1 aliphatic heterocycles. The molecule has 9 heteroatoms. The average molecular weight is 452 g/mol. The number of benzene rings is 2. The molecule has 3 N–H and O–H groups in total. The van der Waals surface area contributed by atoms with Gasteiger partial charge < -0.3 is 15.4 Å². The summed E-state index contributed by atoms with van der Waals surface area (Å²) in [7, 11) is 1.74. The van der Waals surface area contributed by atoms with Crippen LogP contribution in [0.25, 0.3) is 10.9 Å². The number of hydrogen-bond donors (Lipinski definition) is 3. The van der Waals surface area contributed by atoms with E-state index in [1.165, 1.54) is 12.4 Å². The lowest BCUT2D eigenvalue weighted by molar-refractivity contribution is 0.102. The molecule has 5 rings (SSSR count). The number of ketones is 1. The van der Waals surface area contributed by atoms with E-state index in [-0.39, 0.29) is 17.6 Å². The lowest BCUT2D eigenvalue weighted by Gasteiger charge is -2.06. The SMILES string of the molecule is Cn1cc(C(=O)Nc2ccc(C(=O)c3ccc4[nH]c(O)c(C=NC5=NCC=C5)c4c3)cc2)cn1. The molecule has 3 heterocycles. The largest absolute Gasteiger partial charge is 0.494 e. The van der Waals surface area contributed by atoms with Gasteiger partial charge in [-0.3, -0.25) is 19.3 Å². The van der Waals surface area contributed by atoms with Crippen LogP contribution in [0, 0.1) is 0 Å². The number of carbonyl (C=O) groups excluding carboxylic acids is 2. The van der Waals surface area contributed by atoms with Crippen molar-refractivity contribution >= 4 is 40.3 Å². The van der Waals surface area contributed by atoms with Gasteiger partial charge in [0.05, 0.1) is 23.9 Å². The van der Waals surface area contributed by atoms with Gasteiger partial charge in [-0.2, -0.15) is 5.10 Å². The van der Waals surface area contributed by atoms with Gasteiger partial charge in [-0.1, -0.05) is 6.08 Å². The van der Waals surface area contributed by atoms with Crippen molar-refractivity contribution in [3.05, 3.63) is 89.3 Å². The van der Waals surface area contributed by atoms with Crippen molar-refractivity contribution in [3.63, 3.8) is 0 Å². The fourth-order valence-electron chi connectivity index (χ4n) is 3.66. The molecule has 0 unspecified atom stereocenters. The highest BCUT2D eigenvalue weighted by atomic mass is 16.3. The fraction of sp³-hybridized carbons (Fsp3) is 0.0800. The lowest BCUT2D eigenvalue weighted by atomic mass is 10.0. The van der Waals surface area contributed by atoms with Crippen molar-refractivity contribution in [2.24, 2.45) is 17.0 Å². The number of H-pyrrole nitrogens is 1. The number of nitrogens with zero attached hydrogens (tertiary/aromatic N) is 4. The van der Waals surface area contributed by atoms with Gasteiger partial charge >= 0.3 is 0 Å². The average Bonchev–Trinajstić information content (AvgIpc) is 3.57. The third kappa shape index (κ3) is 4.14. The zero-order chi connectivity index (χ0) is 23.7. The van der Waals surface area contributed by atoms with E-state index >= 15 is 0 Å². The molecule has 9 nitrogen and oxygen atoms in total. The van der Waals surface area contributed by atoms with Gasteiger partial charge in [0.2, 0.25) is 0 Å². The van der Waals surface area contributed by atoms with Crippen LogP contribution in [-0.4, -0.2) is 50.2 Å². The Hall–Kier alpha value is -4.79. The summed E-state index contributed by atoms with van der Waals surface area (Å²) in [5, 5.41) is 17.8. The number of amidine groups is 1. The number of aliphatic imine (C=N–C) groups is 2. The van der Waals surface area contributed by atoms with E-state index in [1.807, 2.05) is 6.08 Å². The summed E-state index contributed by atoms with van der Waals surface area (Å²) in [6, 6.07) is 11.8. The summed E-state index contributed by atoms with van der Waals surface area (Å²) >= 11 is 0. The summed E-state index contributed by atoms with van der Waals surface area (Å²) in [5.74, 6) is 0.0909. The zero-order valence-corrected chi connectivity index (χ0v) is 18.2. The smallest absolute Gasteiger partial charge is 0.258 e. The molecule has 0 radical (unpaired) electrons. The van der Waals surface area contributed by atoms with Gasteiger partial charge in [-0.15, -0.1) is 0 Å². The number of aromatic hydroxyl groups is 1. The molecule has 168 valence electrons. The molecule has 0 fully saturated rings. The highest BCUT2D eigenvalue weighted by Gasteiger charge is 2.15. The van der Waals surface area contributed by atoms with E-state index in [9.17, 15) is 14.7 Å². The van der Waals surface area contributed by atoms with Gasteiger partial charge in [0.25, 0.3) is 5.91 Å². The number of hydrogen-bond acceptors (Lipinski definition) is 6. The molecule has 0 spiro atoms. The zero-order valence-electron chi connectivity index (χ0n) is 18.2. The highest BCUT2D eigenvalue weighted by molar-refractivity contribution is 6.13. The fourth-order valence-corrected chi connectivity index (χ4v) is 3.66. The highest BCUT2D eigenvalue weighted by Crippen LogP contribution is 2.27. The number of aromatic nitrogens is 3. The number of fused-ring (bicyclic) bond motifs is 1. The van der Waals surface area contributed by atoms with Crippen LogP contribution >= 0.6 is 0 Å². The third-order valence-corrected chi connectivity index (χ3v) is 5.40. The maximum absolute atomic E-state index is 13.1. The van der Waals surface area contributed by atoms with E-state index in [0.717, 1.165) is 0 Å². The number of carbonyl (C=O) groups is 2. The number of aromatic amines is 1. The van der Waals surface area contributed by atoms with Crippen molar-refractivity contribution in [2.75, 3.05) is 11.9 Å². The molecule has 1 aliphatic rings. The number of rotatable bonds is 5. The summed E-state index contributed by atoms with van der Waals surface area (Å²) in [4.78, 5) is 36.8. The quantitative estimate of drug-likeness (QED) is 0.317. The Balaban J connectivity index is 1.37. The molecule has 1 amide bonds. The topological polar surface area (TPSA) is 125 Å². The maximum atomic E-state index is 13.1. The van der Waals surface area contributed by atoms with E-state index < -0.39 is 0 Å². The molecule has 0 atom stereocenters. The summed E-state index contributed by atoms with van der Waals surface area (Å²) in [6.07, 6.45) is 8.35. The van der Waals surface area contributed by atoms with Crippen LogP contribution in [0.3, 0.4) is 0 Å². The molecule has 34 heavy (non-hydrogen) atoms. The lowest BCUT2D eigenvalue weighted by Crippen LogP contribution is -2.11. The first-order valence-electron chi connectivity index (χ1n) is 10.5. The Kier molecular flexibility index (Phi) is 5.35. The first-order valence-corrected chi connectivity index (χ1v) is 10.5. The Labute approximate surface area is 194 Å². The minimum absolute atomic E-state index is 0.0281. The van der Waals surface area contributed by atoms with E-state index in [1.54, 1.807) is 66.5 Å². The summed E-state index contributed by atoms with van der Waals surface area (Å²) in [5.41, 5.74) is 3.12. The first-order chi connectivity index (χ1) is 16.5. The molecule has 4 aromatic rings. The Bertz CT molecular complexity index is 1510. The van der Waals surface area contributed by atoms with Gasteiger partial charge in [0, 0.05) is 47.2 Å². The van der Waals surface area contributed by atoms with Crippen molar-refractivity contribution in [2.45, 2.75) is 0 Å². The van der Waals surface area contributed by atoms with Crippen LogP contribution in [0.1, 0.15) is 31.8 Å². The Morgan fingerprint density at radius 2 is 1.94 bits per heavy atom. The van der Waals surface area contributed by atoms with Crippen molar-refractivity contribution in [1.29, 1.82) is 0 Å².